The second-order valence-corrected chi connectivity index (χ2v) is 6.13. The maximum atomic E-state index is 11.7. The highest BCUT2D eigenvalue weighted by Gasteiger charge is 2.25. The third-order valence-corrected chi connectivity index (χ3v) is 3.78. The average Bonchev–Trinajstić information content (AvgIpc) is 2.23. The SMILES string of the molecule is COP(=O)(CN[C@@H](CC(C)C)C(=O)O)OC. The summed E-state index contributed by atoms with van der Waals surface area (Å²) in [6.45, 7) is 3.84. The summed E-state index contributed by atoms with van der Waals surface area (Å²) in [5.41, 5.74) is 0. The van der Waals surface area contributed by atoms with Crippen molar-refractivity contribution in [1.82, 2.24) is 5.32 Å². The molecule has 0 unspecified atom stereocenters. The predicted octanol–water partition coefficient (Wildman–Crippen LogP) is 1.52. The molecule has 0 heterocycles. The first-order valence-corrected chi connectivity index (χ1v) is 6.74. The van der Waals surface area contributed by atoms with Gasteiger partial charge in [-0.05, 0) is 12.3 Å². The lowest BCUT2D eigenvalue weighted by Crippen LogP contribution is -2.38. The van der Waals surface area contributed by atoms with Gasteiger partial charge < -0.3 is 14.2 Å². The molecule has 0 aliphatic rings. The van der Waals surface area contributed by atoms with Crippen LogP contribution in [0.2, 0.25) is 0 Å². The quantitative estimate of drug-likeness (QED) is 0.638. The molecule has 0 saturated heterocycles. The van der Waals surface area contributed by atoms with Gasteiger partial charge >= 0.3 is 13.6 Å². The van der Waals surface area contributed by atoms with Gasteiger partial charge in [-0.1, -0.05) is 13.8 Å². The second kappa shape index (κ2) is 7.01. The van der Waals surface area contributed by atoms with Gasteiger partial charge in [0.2, 0.25) is 0 Å². The van der Waals surface area contributed by atoms with E-state index >= 15 is 0 Å². The Hall–Kier alpha value is -0.420. The molecule has 0 amide bonds. The van der Waals surface area contributed by atoms with Crippen molar-refractivity contribution in [3.63, 3.8) is 0 Å². The Bertz CT molecular complexity index is 261. The number of carboxylic acids is 1. The van der Waals surface area contributed by atoms with Crippen LogP contribution in [-0.2, 0) is 18.4 Å². The summed E-state index contributed by atoms with van der Waals surface area (Å²) in [5, 5.41) is 11.6. The van der Waals surface area contributed by atoms with Gasteiger partial charge in [0.1, 0.15) is 6.04 Å². The zero-order chi connectivity index (χ0) is 12.8. The molecule has 0 bridgehead atoms. The van der Waals surface area contributed by atoms with Crippen molar-refractivity contribution < 1.29 is 23.5 Å². The van der Waals surface area contributed by atoms with Gasteiger partial charge in [-0.25, -0.2) is 0 Å². The van der Waals surface area contributed by atoms with Crippen molar-refractivity contribution >= 4 is 13.6 Å². The molecule has 7 heteroatoms. The molecular formula is C9H20NO5P. The smallest absolute Gasteiger partial charge is 0.343 e. The number of hydrogen-bond donors (Lipinski definition) is 2. The zero-order valence-corrected chi connectivity index (χ0v) is 11.0. The zero-order valence-electron chi connectivity index (χ0n) is 10.1. The number of carbonyl (C=O) groups is 1. The number of hydrogen-bond acceptors (Lipinski definition) is 5. The van der Waals surface area contributed by atoms with Crippen LogP contribution < -0.4 is 5.32 Å². The molecule has 0 rings (SSSR count). The lowest BCUT2D eigenvalue weighted by Gasteiger charge is -2.19. The van der Waals surface area contributed by atoms with Crippen LogP contribution in [0, 0.1) is 5.92 Å². The van der Waals surface area contributed by atoms with Crippen LogP contribution in [0.25, 0.3) is 0 Å². The van der Waals surface area contributed by atoms with Gasteiger partial charge in [0.15, 0.2) is 0 Å². The topological polar surface area (TPSA) is 84.9 Å². The largest absolute Gasteiger partial charge is 0.480 e. The van der Waals surface area contributed by atoms with Gasteiger partial charge in [-0.3, -0.25) is 14.7 Å². The van der Waals surface area contributed by atoms with Crippen molar-refractivity contribution in [2.45, 2.75) is 26.3 Å². The third kappa shape index (κ3) is 5.61. The summed E-state index contributed by atoms with van der Waals surface area (Å²) in [6.07, 6.45) is 0.354. The molecule has 0 aliphatic heterocycles. The maximum absolute atomic E-state index is 11.7. The van der Waals surface area contributed by atoms with E-state index in [4.69, 9.17) is 14.2 Å². The van der Waals surface area contributed by atoms with E-state index in [0.717, 1.165) is 0 Å². The molecule has 0 fully saturated rings. The summed E-state index contributed by atoms with van der Waals surface area (Å²) in [4.78, 5) is 10.9. The number of rotatable bonds is 8. The van der Waals surface area contributed by atoms with E-state index in [9.17, 15) is 9.36 Å². The van der Waals surface area contributed by atoms with Crippen LogP contribution in [0.1, 0.15) is 20.3 Å². The normalized spacial score (nSPS) is 14.1. The van der Waals surface area contributed by atoms with Gasteiger partial charge in [0, 0.05) is 14.2 Å². The minimum absolute atomic E-state index is 0.107. The Morgan fingerprint density at radius 2 is 1.88 bits per heavy atom. The third-order valence-electron chi connectivity index (χ3n) is 2.09. The molecule has 0 radical (unpaired) electrons. The van der Waals surface area contributed by atoms with E-state index in [-0.39, 0.29) is 12.2 Å². The van der Waals surface area contributed by atoms with Crippen LogP contribution in [0.3, 0.4) is 0 Å². The fraction of sp³-hybridized carbons (Fsp3) is 0.889. The van der Waals surface area contributed by atoms with E-state index in [0.29, 0.717) is 6.42 Å². The molecule has 0 aromatic carbocycles. The van der Waals surface area contributed by atoms with Gasteiger partial charge in [0.05, 0.1) is 6.29 Å². The molecule has 0 aromatic heterocycles. The highest BCUT2D eigenvalue weighted by molar-refractivity contribution is 7.53. The van der Waals surface area contributed by atoms with Crippen molar-refractivity contribution in [1.29, 1.82) is 0 Å². The first-order valence-electron chi connectivity index (χ1n) is 5.01. The van der Waals surface area contributed by atoms with E-state index in [1.165, 1.54) is 14.2 Å². The number of carboxylic acid groups (broad SMARTS) is 1. The van der Waals surface area contributed by atoms with Gasteiger partial charge in [-0.2, -0.15) is 0 Å². The molecule has 0 spiro atoms. The van der Waals surface area contributed by atoms with Gasteiger partial charge in [-0.15, -0.1) is 0 Å². The summed E-state index contributed by atoms with van der Waals surface area (Å²) in [7, 11) is -0.657. The Kier molecular flexibility index (Phi) is 6.83. The van der Waals surface area contributed by atoms with Crippen LogP contribution in [0.15, 0.2) is 0 Å². The Balaban J connectivity index is 4.32. The second-order valence-electron chi connectivity index (χ2n) is 3.86. The summed E-state index contributed by atoms with van der Waals surface area (Å²) >= 11 is 0. The van der Waals surface area contributed by atoms with Crippen LogP contribution in [0.5, 0.6) is 0 Å². The van der Waals surface area contributed by atoms with Crippen molar-refractivity contribution in [3.8, 4) is 0 Å². The highest BCUT2D eigenvalue weighted by Crippen LogP contribution is 2.44. The highest BCUT2D eigenvalue weighted by atomic mass is 31.2. The van der Waals surface area contributed by atoms with E-state index in [1.807, 2.05) is 13.8 Å². The molecule has 6 nitrogen and oxygen atoms in total. The fourth-order valence-corrected chi connectivity index (χ4v) is 2.02. The molecule has 16 heavy (non-hydrogen) atoms. The standard InChI is InChI=1S/C9H20NO5P/c1-7(2)5-8(9(11)12)10-6-16(13,14-3)15-4/h7-8,10H,5-6H2,1-4H3,(H,11,12)/t8-/m0/s1. The first-order chi connectivity index (χ1) is 7.34. The Labute approximate surface area is 95.9 Å². The Morgan fingerprint density at radius 1 is 1.38 bits per heavy atom. The molecule has 0 saturated carbocycles. The predicted molar refractivity (Wildman–Crippen MR) is 60.5 cm³/mol. The van der Waals surface area contributed by atoms with Crippen molar-refractivity contribution in [2.75, 3.05) is 20.5 Å². The number of nitrogens with one attached hydrogen (secondary N) is 1. The molecule has 0 aromatic rings. The molecule has 0 aliphatic carbocycles. The monoisotopic (exact) mass is 253 g/mol. The average molecular weight is 253 g/mol. The summed E-state index contributed by atoms with van der Waals surface area (Å²) in [5.74, 6) is -0.731. The van der Waals surface area contributed by atoms with E-state index in [2.05, 4.69) is 5.32 Å². The molecular weight excluding hydrogens is 233 g/mol. The number of aliphatic carboxylic acids is 1. The summed E-state index contributed by atoms with van der Waals surface area (Å²) < 4.78 is 21.1. The minimum Gasteiger partial charge on any atom is -0.480 e. The van der Waals surface area contributed by atoms with Crippen LogP contribution >= 0.6 is 7.60 Å². The van der Waals surface area contributed by atoms with E-state index in [1.54, 1.807) is 0 Å². The van der Waals surface area contributed by atoms with E-state index < -0.39 is 19.6 Å². The maximum Gasteiger partial charge on any atom is 0.343 e. The van der Waals surface area contributed by atoms with Crippen molar-refractivity contribution in [2.24, 2.45) is 5.92 Å². The Morgan fingerprint density at radius 3 is 2.19 bits per heavy atom. The first kappa shape index (κ1) is 15.6. The lowest BCUT2D eigenvalue weighted by atomic mass is 10.0. The fourth-order valence-electron chi connectivity index (χ4n) is 1.17. The lowest BCUT2D eigenvalue weighted by molar-refractivity contribution is -0.139. The van der Waals surface area contributed by atoms with Gasteiger partial charge in [0.25, 0.3) is 0 Å². The molecule has 2 N–H and O–H groups in total. The molecule has 96 valence electrons. The van der Waals surface area contributed by atoms with Crippen molar-refractivity contribution in [3.05, 3.63) is 0 Å². The summed E-state index contributed by atoms with van der Waals surface area (Å²) in [6, 6.07) is -0.737. The van der Waals surface area contributed by atoms with Crippen LogP contribution in [-0.4, -0.2) is 37.6 Å². The minimum atomic E-state index is -3.19. The van der Waals surface area contributed by atoms with Crippen LogP contribution in [0.4, 0.5) is 0 Å². The molecule has 1 atom stereocenters.